The molecule has 0 heterocycles. The van der Waals surface area contributed by atoms with Crippen LogP contribution >= 0.6 is 24.0 Å². The third-order valence-electron chi connectivity index (χ3n) is 3.97. The lowest BCUT2D eigenvalue weighted by Crippen LogP contribution is -2.36. The Morgan fingerprint density at radius 1 is 1.10 bits per heavy atom. The van der Waals surface area contributed by atoms with Crippen molar-refractivity contribution in [3.63, 3.8) is 0 Å². The molecule has 0 amide bonds. The Bertz CT molecular complexity index is 996. The normalized spacial score (nSPS) is 12.1. The Kier molecular flexibility index (Phi) is 9.40. The van der Waals surface area contributed by atoms with Crippen molar-refractivity contribution in [2.45, 2.75) is 31.3 Å². The molecule has 0 aromatic heterocycles. The van der Waals surface area contributed by atoms with Gasteiger partial charge in [0, 0.05) is 32.0 Å². The average Bonchev–Trinajstić information content (AvgIpc) is 2.60. The zero-order valence-corrected chi connectivity index (χ0v) is 19.7. The van der Waals surface area contributed by atoms with Gasteiger partial charge < -0.3 is 15.4 Å². The number of guanidine groups is 1. The van der Waals surface area contributed by atoms with Crippen molar-refractivity contribution < 1.29 is 26.3 Å². The second-order valence-electron chi connectivity index (χ2n) is 6.31. The first kappa shape index (κ1) is 26.0. The minimum Gasteiger partial charge on any atom is -0.405 e. The van der Waals surface area contributed by atoms with Crippen LogP contribution in [0.1, 0.15) is 16.7 Å². The van der Waals surface area contributed by atoms with Crippen LogP contribution in [-0.4, -0.2) is 34.0 Å². The number of alkyl halides is 3. The van der Waals surface area contributed by atoms with Gasteiger partial charge in [-0.3, -0.25) is 4.99 Å². The third-order valence-corrected chi connectivity index (χ3v) is 5.22. The standard InChI is InChI=1S/C19H22F3N3O3S.HI/c1-13-10-14(8-9-17(13)29(3,26)27)11-24-18(23-2)25-12-15-6-4-5-7-16(15)28-19(20,21)22;/h4-10H,11-12H2,1-3H3,(H2,23,24,25);1H. The summed E-state index contributed by atoms with van der Waals surface area (Å²) in [4.78, 5) is 4.31. The van der Waals surface area contributed by atoms with Gasteiger partial charge in [-0.25, -0.2) is 8.42 Å². The van der Waals surface area contributed by atoms with Gasteiger partial charge in [0.2, 0.25) is 0 Å². The van der Waals surface area contributed by atoms with Crippen LogP contribution in [0.25, 0.3) is 0 Å². The molecule has 0 aliphatic rings. The Hall–Kier alpha value is -2.02. The van der Waals surface area contributed by atoms with Crippen LogP contribution in [0, 0.1) is 6.92 Å². The molecule has 11 heteroatoms. The minimum absolute atomic E-state index is 0. The number of nitrogens with zero attached hydrogens (tertiary/aromatic N) is 1. The molecule has 0 unspecified atom stereocenters. The van der Waals surface area contributed by atoms with E-state index in [1.807, 2.05) is 0 Å². The molecule has 0 aliphatic carbocycles. The molecule has 0 aliphatic heterocycles. The quantitative estimate of drug-likeness (QED) is 0.321. The number of aliphatic imine (C=N–C) groups is 1. The van der Waals surface area contributed by atoms with Crippen molar-refractivity contribution >= 4 is 39.8 Å². The largest absolute Gasteiger partial charge is 0.573 e. The number of halogens is 4. The summed E-state index contributed by atoms with van der Waals surface area (Å²) in [6.45, 7) is 2.13. The van der Waals surface area contributed by atoms with E-state index in [9.17, 15) is 21.6 Å². The maximum Gasteiger partial charge on any atom is 0.573 e. The number of hydrogen-bond acceptors (Lipinski definition) is 4. The van der Waals surface area contributed by atoms with Crippen LogP contribution in [0.3, 0.4) is 0 Å². The number of ether oxygens (including phenoxy) is 1. The summed E-state index contributed by atoms with van der Waals surface area (Å²) in [5.74, 6) is 0.0894. The second kappa shape index (κ2) is 10.8. The monoisotopic (exact) mass is 557 g/mol. The zero-order chi connectivity index (χ0) is 21.7. The summed E-state index contributed by atoms with van der Waals surface area (Å²) in [5.41, 5.74) is 1.78. The average molecular weight is 557 g/mol. The molecule has 2 N–H and O–H groups in total. The lowest BCUT2D eigenvalue weighted by molar-refractivity contribution is -0.274. The van der Waals surface area contributed by atoms with Crippen molar-refractivity contribution in [2.75, 3.05) is 13.3 Å². The van der Waals surface area contributed by atoms with Crippen LogP contribution in [0.15, 0.2) is 52.4 Å². The van der Waals surface area contributed by atoms with E-state index in [0.29, 0.717) is 23.6 Å². The number of para-hydroxylation sites is 1. The molecule has 0 radical (unpaired) electrons. The third kappa shape index (κ3) is 8.01. The first-order valence-corrected chi connectivity index (χ1v) is 10.5. The first-order chi connectivity index (χ1) is 13.5. The van der Waals surface area contributed by atoms with Crippen LogP contribution < -0.4 is 15.4 Å². The number of nitrogens with one attached hydrogen (secondary N) is 2. The smallest absolute Gasteiger partial charge is 0.405 e. The summed E-state index contributed by atoms with van der Waals surface area (Å²) < 4.78 is 64.9. The number of benzene rings is 2. The van der Waals surface area contributed by atoms with E-state index in [1.54, 1.807) is 31.2 Å². The molecule has 0 fully saturated rings. The zero-order valence-electron chi connectivity index (χ0n) is 16.6. The molecule has 30 heavy (non-hydrogen) atoms. The van der Waals surface area contributed by atoms with Gasteiger partial charge in [0.1, 0.15) is 5.75 Å². The van der Waals surface area contributed by atoms with Gasteiger partial charge in [-0.15, -0.1) is 37.1 Å². The van der Waals surface area contributed by atoms with Crippen molar-refractivity contribution in [3.8, 4) is 5.75 Å². The lowest BCUT2D eigenvalue weighted by Gasteiger charge is -2.16. The lowest BCUT2D eigenvalue weighted by atomic mass is 10.1. The summed E-state index contributed by atoms with van der Waals surface area (Å²) in [6, 6.07) is 10.8. The van der Waals surface area contributed by atoms with Crippen LogP contribution in [0.4, 0.5) is 13.2 Å². The highest BCUT2D eigenvalue weighted by Crippen LogP contribution is 2.26. The molecule has 2 rings (SSSR count). The van der Waals surface area contributed by atoms with Gasteiger partial charge in [0.25, 0.3) is 0 Å². The van der Waals surface area contributed by atoms with E-state index in [-0.39, 0.29) is 41.2 Å². The van der Waals surface area contributed by atoms with Crippen molar-refractivity contribution in [1.82, 2.24) is 10.6 Å². The van der Waals surface area contributed by atoms with E-state index >= 15 is 0 Å². The fourth-order valence-corrected chi connectivity index (χ4v) is 3.66. The Morgan fingerprint density at radius 3 is 2.30 bits per heavy atom. The maximum atomic E-state index is 12.5. The molecule has 166 valence electrons. The molecule has 2 aromatic rings. The SMILES string of the molecule is CN=C(NCc1ccc(S(C)(=O)=O)c(C)c1)NCc1ccccc1OC(F)(F)F.I. The summed E-state index contributed by atoms with van der Waals surface area (Å²) >= 11 is 0. The number of hydrogen-bond donors (Lipinski definition) is 2. The van der Waals surface area contributed by atoms with Gasteiger partial charge in [0.15, 0.2) is 15.8 Å². The molecule has 0 saturated heterocycles. The fourth-order valence-electron chi connectivity index (χ4n) is 2.70. The second-order valence-corrected chi connectivity index (χ2v) is 8.29. The molecule has 0 saturated carbocycles. The Balaban J connectivity index is 0.00000450. The van der Waals surface area contributed by atoms with Crippen LogP contribution in [0.2, 0.25) is 0 Å². The van der Waals surface area contributed by atoms with Crippen LogP contribution in [0.5, 0.6) is 5.75 Å². The van der Waals surface area contributed by atoms with E-state index in [0.717, 1.165) is 11.8 Å². The predicted octanol–water partition coefficient (Wildman–Crippen LogP) is 3.78. The summed E-state index contributed by atoms with van der Waals surface area (Å²) in [7, 11) is -1.76. The first-order valence-electron chi connectivity index (χ1n) is 8.57. The molecule has 0 spiro atoms. The van der Waals surface area contributed by atoms with Crippen LogP contribution in [-0.2, 0) is 22.9 Å². The maximum absolute atomic E-state index is 12.5. The Labute approximate surface area is 190 Å². The van der Waals surface area contributed by atoms with Gasteiger partial charge in [0.05, 0.1) is 4.90 Å². The molecule has 0 atom stereocenters. The molecule has 6 nitrogen and oxygen atoms in total. The number of sulfone groups is 1. The fraction of sp³-hybridized carbons (Fsp3) is 0.316. The van der Waals surface area contributed by atoms with E-state index in [4.69, 9.17) is 0 Å². The van der Waals surface area contributed by atoms with Crippen molar-refractivity contribution in [1.29, 1.82) is 0 Å². The summed E-state index contributed by atoms with van der Waals surface area (Å²) in [6.07, 6.45) is -3.62. The molecular formula is C19H23F3IN3O3S. The highest BCUT2D eigenvalue weighted by Gasteiger charge is 2.31. The molecule has 0 bridgehead atoms. The predicted molar refractivity (Wildman–Crippen MR) is 120 cm³/mol. The van der Waals surface area contributed by atoms with Gasteiger partial charge in [-0.1, -0.05) is 30.3 Å². The molecular weight excluding hydrogens is 534 g/mol. The van der Waals surface area contributed by atoms with Gasteiger partial charge >= 0.3 is 6.36 Å². The number of aryl methyl sites for hydroxylation is 1. The number of rotatable bonds is 6. The van der Waals surface area contributed by atoms with E-state index < -0.39 is 16.2 Å². The van der Waals surface area contributed by atoms with Gasteiger partial charge in [-0.05, 0) is 30.2 Å². The highest BCUT2D eigenvalue weighted by molar-refractivity contribution is 14.0. The Morgan fingerprint density at radius 2 is 1.73 bits per heavy atom. The minimum atomic E-state index is -4.77. The summed E-state index contributed by atoms with van der Waals surface area (Å²) in [5, 5.41) is 5.96. The van der Waals surface area contributed by atoms with E-state index in [1.165, 1.54) is 25.2 Å². The van der Waals surface area contributed by atoms with Gasteiger partial charge in [-0.2, -0.15) is 0 Å². The highest BCUT2D eigenvalue weighted by atomic mass is 127. The van der Waals surface area contributed by atoms with E-state index in [2.05, 4.69) is 20.4 Å². The molecule has 2 aromatic carbocycles. The van der Waals surface area contributed by atoms with Crippen molar-refractivity contribution in [3.05, 3.63) is 59.2 Å². The van der Waals surface area contributed by atoms with Crippen molar-refractivity contribution in [2.24, 2.45) is 4.99 Å². The topological polar surface area (TPSA) is 79.8 Å².